The van der Waals surface area contributed by atoms with Crippen LogP contribution < -0.4 is 15.0 Å². The van der Waals surface area contributed by atoms with Gasteiger partial charge >= 0.3 is 0 Å². The number of hydrogen-bond acceptors (Lipinski definition) is 4. The molecule has 0 fully saturated rings. The van der Waals surface area contributed by atoms with E-state index < -0.39 is 0 Å². The quantitative estimate of drug-likeness (QED) is 0.775. The second-order valence-electron chi connectivity index (χ2n) is 6.29. The Kier molecular flexibility index (Phi) is 6.81. The maximum absolute atomic E-state index is 12.6. The van der Waals surface area contributed by atoms with Crippen LogP contribution in [-0.2, 0) is 0 Å². The number of carbonyl (C=O) groups is 1. The molecule has 5 heteroatoms. The Labute approximate surface area is 150 Å². The first-order chi connectivity index (χ1) is 12.0. The number of rotatable bonds is 8. The van der Waals surface area contributed by atoms with E-state index in [2.05, 4.69) is 22.1 Å². The topological polar surface area (TPSA) is 54.5 Å². The van der Waals surface area contributed by atoms with Gasteiger partial charge in [0.25, 0.3) is 5.91 Å². The number of carbonyl (C=O) groups excluding carboxylic acids is 1. The molecule has 0 aliphatic rings. The zero-order valence-corrected chi connectivity index (χ0v) is 15.5. The molecule has 1 aromatic heterocycles. The number of amides is 1. The molecule has 0 saturated heterocycles. The van der Waals surface area contributed by atoms with Crippen LogP contribution in [-0.4, -0.2) is 30.6 Å². The minimum Gasteiger partial charge on any atom is -0.489 e. The summed E-state index contributed by atoms with van der Waals surface area (Å²) in [5.74, 6) is 1.29. The van der Waals surface area contributed by atoms with Crippen LogP contribution in [0.3, 0.4) is 0 Å². The minimum absolute atomic E-state index is 0.0396. The molecular formula is C20H27N3O2. The Balaban J connectivity index is 2.14. The van der Waals surface area contributed by atoms with Crippen molar-refractivity contribution in [1.29, 1.82) is 0 Å². The lowest BCUT2D eigenvalue weighted by Gasteiger charge is -2.18. The van der Waals surface area contributed by atoms with Gasteiger partial charge in [0.2, 0.25) is 0 Å². The predicted octanol–water partition coefficient (Wildman–Crippen LogP) is 4.36. The fraction of sp³-hybridized carbons (Fsp3) is 0.400. The van der Waals surface area contributed by atoms with Gasteiger partial charge in [-0.25, -0.2) is 4.98 Å². The smallest absolute Gasteiger partial charge is 0.255 e. The van der Waals surface area contributed by atoms with Crippen molar-refractivity contribution in [3.8, 4) is 5.75 Å². The third kappa shape index (κ3) is 5.48. The molecule has 134 valence electrons. The number of anilines is 2. The van der Waals surface area contributed by atoms with Crippen molar-refractivity contribution in [2.75, 3.05) is 23.8 Å². The molecule has 2 rings (SSSR count). The molecule has 0 atom stereocenters. The van der Waals surface area contributed by atoms with Gasteiger partial charge in [-0.2, -0.15) is 0 Å². The Morgan fingerprint density at radius 1 is 1.28 bits per heavy atom. The first-order valence-corrected chi connectivity index (χ1v) is 8.75. The van der Waals surface area contributed by atoms with Gasteiger partial charge in [-0.3, -0.25) is 4.79 Å². The number of benzene rings is 1. The van der Waals surface area contributed by atoms with E-state index in [0.717, 1.165) is 25.2 Å². The maximum Gasteiger partial charge on any atom is 0.255 e. The van der Waals surface area contributed by atoms with E-state index in [9.17, 15) is 4.79 Å². The summed E-state index contributed by atoms with van der Waals surface area (Å²) >= 11 is 0. The summed E-state index contributed by atoms with van der Waals surface area (Å²) < 4.78 is 5.75. The number of ether oxygens (including phenoxy) is 1. The average molecular weight is 341 g/mol. The molecule has 0 radical (unpaired) electrons. The van der Waals surface area contributed by atoms with E-state index in [1.54, 1.807) is 12.3 Å². The van der Waals surface area contributed by atoms with Gasteiger partial charge in [0.05, 0.1) is 11.8 Å². The number of pyridine rings is 1. The summed E-state index contributed by atoms with van der Waals surface area (Å²) in [4.78, 5) is 19.1. The molecule has 0 unspecified atom stereocenters. The lowest BCUT2D eigenvalue weighted by molar-refractivity contribution is 0.102. The first kappa shape index (κ1) is 18.8. The van der Waals surface area contributed by atoms with Gasteiger partial charge in [-0.1, -0.05) is 25.5 Å². The molecule has 2 aromatic rings. The number of nitrogens with zero attached hydrogens (tertiary/aromatic N) is 2. The summed E-state index contributed by atoms with van der Waals surface area (Å²) in [7, 11) is 1.99. The third-order valence-corrected chi connectivity index (χ3v) is 3.74. The molecule has 1 aromatic carbocycles. The Hall–Kier alpha value is -2.56. The van der Waals surface area contributed by atoms with Gasteiger partial charge in [-0.05, 0) is 44.5 Å². The van der Waals surface area contributed by atoms with Crippen molar-refractivity contribution < 1.29 is 9.53 Å². The first-order valence-electron chi connectivity index (χ1n) is 8.75. The van der Waals surface area contributed by atoms with Crippen LogP contribution in [0, 0.1) is 0 Å². The number of unbranched alkanes of at least 4 members (excludes halogenated alkanes) is 1. The molecule has 0 saturated carbocycles. The SMILES string of the molecule is CCCCN(C)c1cc(C(=O)Nc2ccccc2OC(C)C)ccn1. The highest BCUT2D eigenvalue weighted by molar-refractivity contribution is 6.05. The monoisotopic (exact) mass is 341 g/mol. The lowest BCUT2D eigenvalue weighted by Crippen LogP contribution is -2.20. The van der Waals surface area contributed by atoms with Crippen molar-refractivity contribution in [1.82, 2.24) is 4.98 Å². The molecule has 1 heterocycles. The van der Waals surface area contributed by atoms with Crippen LogP contribution >= 0.6 is 0 Å². The highest BCUT2D eigenvalue weighted by Crippen LogP contribution is 2.25. The van der Waals surface area contributed by atoms with Crippen molar-refractivity contribution in [3.05, 3.63) is 48.2 Å². The van der Waals surface area contributed by atoms with E-state index in [4.69, 9.17) is 4.74 Å². The van der Waals surface area contributed by atoms with Crippen molar-refractivity contribution >= 4 is 17.4 Å². The molecule has 1 amide bonds. The Morgan fingerprint density at radius 3 is 2.76 bits per heavy atom. The van der Waals surface area contributed by atoms with Crippen LogP contribution in [0.4, 0.5) is 11.5 Å². The van der Waals surface area contributed by atoms with Gasteiger partial charge in [0.15, 0.2) is 0 Å². The molecule has 1 N–H and O–H groups in total. The minimum atomic E-state index is -0.174. The van der Waals surface area contributed by atoms with Gasteiger partial charge in [0, 0.05) is 25.4 Å². The normalized spacial score (nSPS) is 10.6. The molecule has 0 bridgehead atoms. The largest absolute Gasteiger partial charge is 0.489 e. The predicted molar refractivity (Wildman–Crippen MR) is 103 cm³/mol. The zero-order valence-electron chi connectivity index (χ0n) is 15.5. The maximum atomic E-state index is 12.6. The number of hydrogen-bond donors (Lipinski definition) is 1. The number of nitrogens with one attached hydrogen (secondary N) is 1. The summed E-state index contributed by atoms with van der Waals surface area (Å²) in [5, 5.41) is 2.93. The van der Waals surface area contributed by atoms with Crippen molar-refractivity contribution in [3.63, 3.8) is 0 Å². The lowest BCUT2D eigenvalue weighted by atomic mass is 10.2. The van der Waals surface area contributed by atoms with Crippen LogP contribution in [0.15, 0.2) is 42.6 Å². The zero-order chi connectivity index (χ0) is 18.2. The summed E-state index contributed by atoms with van der Waals surface area (Å²) in [6, 6.07) is 11.0. The van der Waals surface area contributed by atoms with Crippen LogP contribution in [0.5, 0.6) is 5.75 Å². The Bertz CT molecular complexity index is 701. The molecule has 0 aliphatic carbocycles. The molecular weight excluding hydrogens is 314 g/mol. The standard InChI is InChI=1S/C20H27N3O2/c1-5-6-13-23(4)19-14-16(11-12-21-19)20(24)22-17-9-7-8-10-18(17)25-15(2)3/h7-12,14-15H,5-6,13H2,1-4H3,(H,22,24). The van der Waals surface area contributed by atoms with E-state index in [1.165, 1.54) is 0 Å². The van der Waals surface area contributed by atoms with Gasteiger partial charge in [-0.15, -0.1) is 0 Å². The Morgan fingerprint density at radius 2 is 2.04 bits per heavy atom. The van der Waals surface area contributed by atoms with Crippen LogP contribution in [0.25, 0.3) is 0 Å². The van der Waals surface area contributed by atoms with Crippen molar-refractivity contribution in [2.45, 2.75) is 39.7 Å². The number of aromatic nitrogens is 1. The average Bonchev–Trinajstić information content (AvgIpc) is 2.61. The van der Waals surface area contributed by atoms with E-state index in [-0.39, 0.29) is 12.0 Å². The summed E-state index contributed by atoms with van der Waals surface area (Å²) in [6.07, 6.45) is 3.92. The van der Waals surface area contributed by atoms with E-state index in [1.807, 2.05) is 51.2 Å². The third-order valence-electron chi connectivity index (χ3n) is 3.74. The molecule has 25 heavy (non-hydrogen) atoms. The highest BCUT2D eigenvalue weighted by atomic mass is 16.5. The second kappa shape index (κ2) is 9.06. The summed E-state index contributed by atoms with van der Waals surface area (Å²) in [6.45, 7) is 6.99. The van der Waals surface area contributed by atoms with Gasteiger partial charge in [0.1, 0.15) is 11.6 Å². The van der Waals surface area contributed by atoms with Gasteiger partial charge < -0.3 is 15.0 Å². The second-order valence-corrected chi connectivity index (χ2v) is 6.29. The number of para-hydroxylation sites is 2. The summed E-state index contributed by atoms with van der Waals surface area (Å²) in [5.41, 5.74) is 1.24. The van der Waals surface area contributed by atoms with Crippen LogP contribution in [0.2, 0.25) is 0 Å². The molecule has 5 nitrogen and oxygen atoms in total. The fourth-order valence-corrected chi connectivity index (χ4v) is 2.40. The van der Waals surface area contributed by atoms with E-state index >= 15 is 0 Å². The van der Waals surface area contributed by atoms with Crippen LogP contribution in [0.1, 0.15) is 44.0 Å². The molecule has 0 aliphatic heterocycles. The molecule has 0 spiro atoms. The fourth-order valence-electron chi connectivity index (χ4n) is 2.40. The highest BCUT2D eigenvalue weighted by Gasteiger charge is 2.12. The van der Waals surface area contributed by atoms with Crippen molar-refractivity contribution in [2.24, 2.45) is 0 Å². The van der Waals surface area contributed by atoms with E-state index in [0.29, 0.717) is 17.0 Å².